The Balaban J connectivity index is 1.86. The fourth-order valence-electron chi connectivity index (χ4n) is 3.02. The SMILES string of the molecule is N=S(=O)(NC1(c2ccc(Cl)cc2)CCNC1)c1ccc(OC(F)(F)F)cc1. The average molecular weight is 420 g/mol. The van der Waals surface area contributed by atoms with Crippen LogP contribution in [0.2, 0.25) is 5.02 Å². The fraction of sp³-hybridized carbons (Fsp3) is 0.294. The molecule has 0 aromatic heterocycles. The van der Waals surface area contributed by atoms with Gasteiger partial charge in [-0.1, -0.05) is 23.7 Å². The van der Waals surface area contributed by atoms with Gasteiger partial charge in [-0.25, -0.2) is 13.7 Å². The first-order valence-corrected chi connectivity index (χ1v) is 9.94. The molecular weight excluding hydrogens is 403 g/mol. The highest BCUT2D eigenvalue weighted by Crippen LogP contribution is 2.32. The van der Waals surface area contributed by atoms with E-state index >= 15 is 0 Å². The van der Waals surface area contributed by atoms with Crippen molar-refractivity contribution < 1.29 is 22.1 Å². The van der Waals surface area contributed by atoms with Gasteiger partial charge in [-0.3, -0.25) is 0 Å². The number of hydrogen-bond donors (Lipinski definition) is 3. The number of ether oxygens (including phenoxy) is 1. The first-order valence-electron chi connectivity index (χ1n) is 8.00. The van der Waals surface area contributed by atoms with Gasteiger partial charge in [-0.05, 0) is 54.9 Å². The van der Waals surface area contributed by atoms with Crippen LogP contribution in [0.3, 0.4) is 0 Å². The second kappa shape index (κ2) is 7.31. The lowest BCUT2D eigenvalue weighted by molar-refractivity contribution is -0.274. The summed E-state index contributed by atoms with van der Waals surface area (Å²) < 4.78 is 64.8. The minimum atomic E-state index is -4.81. The molecule has 0 amide bonds. The van der Waals surface area contributed by atoms with Gasteiger partial charge >= 0.3 is 6.36 Å². The molecule has 0 spiro atoms. The van der Waals surface area contributed by atoms with Crippen molar-refractivity contribution in [2.24, 2.45) is 0 Å². The number of halogens is 4. The third kappa shape index (κ3) is 4.73. The molecule has 0 aliphatic carbocycles. The van der Waals surface area contributed by atoms with Crippen LogP contribution in [0.4, 0.5) is 13.2 Å². The van der Waals surface area contributed by atoms with E-state index in [9.17, 15) is 17.4 Å². The minimum Gasteiger partial charge on any atom is -0.406 e. The predicted octanol–water partition coefficient (Wildman–Crippen LogP) is 4.04. The fourth-order valence-corrected chi connectivity index (χ4v) is 4.63. The second-order valence-electron chi connectivity index (χ2n) is 6.19. The van der Waals surface area contributed by atoms with Crippen LogP contribution in [0.1, 0.15) is 12.0 Å². The van der Waals surface area contributed by atoms with Crippen molar-refractivity contribution >= 4 is 21.5 Å². The van der Waals surface area contributed by atoms with Gasteiger partial charge in [0.25, 0.3) is 0 Å². The smallest absolute Gasteiger partial charge is 0.406 e. The minimum absolute atomic E-state index is 0.0669. The van der Waals surface area contributed by atoms with E-state index < -0.39 is 27.6 Å². The lowest BCUT2D eigenvalue weighted by Crippen LogP contribution is -2.46. The molecule has 0 bridgehead atoms. The predicted molar refractivity (Wildman–Crippen MR) is 96.0 cm³/mol. The van der Waals surface area contributed by atoms with E-state index in [2.05, 4.69) is 14.8 Å². The Bertz CT molecular complexity index is 895. The van der Waals surface area contributed by atoms with Gasteiger partial charge in [0.15, 0.2) is 0 Å². The number of hydrogen-bond acceptors (Lipinski definition) is 4. The molecule has 0 radical (unpaired) electrons. The Kier molecular flexibility index (Phi) is 5.40. The van der Waals surface area contributed by atoms with Crippen LogP contribution in [0.15, 0.2) is 53.4 Å². The van der Waals surface area contributed by atoms with E-state index in [4.69, 9.17) is 16.4 Å². The Morgan fingerprint density at radius 1 is 1.15 bits per heavy atom. The highest BCUT2D eigenvalue weighted by Gasteiger charge is 2.38. The van der Waals surface area contributed by atoms with Crippen LogP contribution in [0.25, 0.3) is 0 Å². The first-order chi connectivity index (χ1) is 12.6. The molecule has 1 aliphatic rings. The van der Waals surface area contributed by atoms with Crippen molar-refractivity contribution in [3.63, 3.8) is 0 Å². The van der Waals surface area contributed by atoms with Gasteiger partial charge in [0.2, 0.25) is 0 Å². The largest absolute Gasteiger partial charge is 0.573 e. The van der Waals surface area contributed by atoms with Crippen LogP contribution >= 0.6 is 11.6 Å². The van der Waals surface area contributed by atoms with E-state index in [-0.39, 0.29) is 4.90 Å². The molecule has 3 rings (SSSR count). The summed E-state index contributed by atoms with van der Waals surface area (Å²) in [6.07, 6.45) is -4.21. The second-order valence-corrected chi connectivity index (χ2v) is 8.42. The summed E-state index contributed by atoms with van der Waals surface area (Å²) in [4.78, 5) is 0.0669. The maximum absolute atomic E-state index is 13.0. The lowest BCUT2D eigenvalue weighted by Gasteiger charge is -2.31. The van der Waals surface area contributed by atoms with E-state index in [0.717, 1.165) is 17.7 Å². The van der Waals surface area contributed by atoms with Gasteiger partial charge in [0.05, 0.1) is 10.4 Å². The van der Waals surface area contributed by atoms with Crippen molar-refractivity contribution in [2.45, 2.75) is 23.2 Å². The molecule has 1 saturated heterocycles. The van der Waals surface area contributed by atoms with Crippen molar-refractivity contribution in [3.8, 4) is 5.75 Å². The van der Waals surface area contributed by atoms with Gasteiger partial charge in [0, 0.05) is 11.6 Å². The number of alkyl halides is 3. The highest BCUT2D eigenvalue weighted by molar-refractivity contribution is 7.90. The topological polar surface area (TPSA) is 74.2 Å². The Morgan fingerprint density at radius 3 is 2.30 bits per heavy atom. The zero-order valence-corrected chi connectivity index (χ0v) is 15.5. The molecular formula is C17H17ClF3N3O2S. The maximum atomic E-state index is 13.0. The zero-order chi connectivity index (χ0) is 19.7. The van der Waals surface area contributed by atoms with Crippen LogP contribution in [0.5, 0.6) is 5.75 Å². The Hall–Kier alpha value is -1.81. The lowest BCUT2D eigenvalue weighted by atomic mass is 9.90. The van der Waals surface area contributed by atoms with Crippen LogP contribution in [-0.4, -0.2) is 23.7 Å². The Morgan fingerprint density at radius 2 is 1.78 bits per heavy atom. The molecule has 0 saturated carbocycles. The molecule has 5 nitrogen and oxygen atoms in total. The molecule has 3 N–H and O–H groups in total. The third-order valence-corrected chi connectivity index (χ3v) is 6.15. The molecule has 2 aromatic carbocycles. The van der Waals surface area contributed by atoms with Crippen molar-refractivity contribution in [1.82, 2.24) is 10.0 Å². The van der Waals surface area contributed by atoms with Crippen LogP contribution in [0, 0.1) is 4.78 Å². The van der Waals surface area contributed by atoms with Crippen molar-refractivity contribution in [2.75, 3.05) is 13.1 Å². The molecule has 1 heterocycles. The summed E-state index contributed by atoms with van der Waals surface area (Å²) in [7, 11) is -3.48. The van der Waals surface area contributed by atoms with E-state index in [1.807, 2.05) is 0 Å². The number of rotatable bonds is 5. The molecule has 2 atom stereocenters. The average Bonchev–Trinajstić information content (AvgIpc) is 3.03. The van der Waals surface area contributed by atoms with Crippen LogP contribution < -0.4 is 14.8 Å². The Labute approximate surface area is 160 Å². The van der Waals surface area contributed by atoms with Gasteiger partial charge in [0.1, 0.15) is 15.7 Å². The molecule has 1 aliphatic heterocycles. The van der Waals surface area contributed by atoms with Crippen LogP contribution in [-0.2, 0) is 15.5 Å². The maximum Gasteiger partial charge on any atom is 0.573 e. The molecule has 27 heavy (non-hydrogen) atoms. The summed E-state index contributed by atoms with van der Waals surface area (Å²) in [6, 6.07) is 11.5. The van der Waals surface area contributed by atoms with Gasteiger partial charge in [-0.15, -0.1) is 13.2 Å². The monoisotopic (exact) mass is 419 g/mol. The molecule has 10 heteroatoms. The van der Waals surface area contributed by atoms with E-state index in [0.29, 0.717) is 24.5 Å². The zero-order valence-electron chi connectivity index (χ0n) is 14.0. The molecule has 2 unspecified atom stereocenters. The summed E-state index contributed by atoms with van der Waals surface area (Å²) in [6.45, 7) is 1.13. The van der Waals surface area contributed by atoms with Gasteiger partial charge < -0.3 is 10.1 Å². The molecule has 146 valence electrons. The molecule has 2 aromatic rings. The summed E-state index contributed by atoms with van der Waals surface area (Å²) in [5.74, 6) is -0.434. The van der Waals surface area contributed by atoms with Gasteiger partial charge in [-0.2, -0.15) is 0 Å². The van der Waals surface area contributed by atoms with E-state index in [1.165, 1.54) is 12.1 Å². The quantitative estimate of drug-likeness (QED) is 0.684. The molecule has 1 fully saturated rings. The van der Waals surface area contributed by atoms with Crippen molar-refractivity contribution in [1.29, 1.82) is 4.78 Å². The third-order valence-electron chi connectivity index (χ3n) is 4.28. The number of nitrogens with one attached hydrogen (secondary N) is 3. The highest BCUT2D eigenvalue weighted by atomic mass is 35.5. The standard InChI is InChI=1S/C17H17ClF3N3O2S/c18-13-3-1-12(2-4-13)16(9-10-23-11-16)24-27(22,25)15-7-5-14(6-8-15)26-17(19,20)21/h1-8,23H,9-11H2,(H2,22,24,25). The van der Waals surface area contributed by atoms with Crippen molar-refractivity contribution in [3.05, 3.63) is 59.1 Å². The first kappa shape index (κ1) is 19.9. The normalized spacial score (nSPS) is 22.4. The summed E-state index contributed by atoms with van der Waals surface area (Å²) in [5.41, 5.74) is 0.0822. The summed E-state index contributed by atoms with van der Waals surface area (Å²) in [5, 5.41) is 3.75. The number of benzene rings is 2. The van der Waals surface area contributed by atoms with E-state index in [1.54, 1.807) is 24.3 Å². The summed E-state index contributed by atoms with van der Waals surface area (Å²) >= 11 is 5.93.